The van der Waals surface area contributed by atoms with Crippen molar-refractivity contribution in [3.05, 3.63) is 47.9 Å². The topological polar surface area (TPSA) is 70.9 Å². The summed E-state index contributed by atoms with van der Waals surface area (Å²) in [4.78, 5) is 0. The Morgan fingerprint density at radius 2 is 2.17 bits per heavy atom. The van der Waals surface area contributed by atoms with Crippen LogP contribution >= 0.6 is 11.6 Å². The highest BCUT2D eigenvalue weighted by Crippen LogP contribution is 2.35. The third-order valence-corrected chi connectivity index (χ3v) is 3.50. The Morgan fingerprint density at radius 3 is 2.83 bits per heavy atom. The molecule has 0 bridgehead atoms. The highest BCUT2D eigenvalue weighted by molar-refractivity contribution is 6.31. The number of aromatic nitrogens is 4. The molecule has 3 rings (SSSR count). The second kappa shape index (κ2) is 6.98. The van der Waals surface area contributed by atoms with Crippen LogP contribution in [-0.2, 0) is 6.54 Å². The predicted molar refractivity (Wildman–Crippen MR) is 85.5 cm³/mol. The summed E-state index contributed by atoms with van der Waals surface area (Å²) in [6.45, 7) is -2.10. The lowest BCUT2D eigenvalue weighted by Gasteiger charge is -2.11. The van der Waals surface area contributed by atoms with E-state index in [9.17, 15) is 8.78 Å². The molecule has 0 radical (unpaired) electrons. The molecule has 0 spiro atoms. The van der Waals surface area contributed by atoms with Crippen LogP contribution in [0.1, 0.15) is 0 Å². The fraction of sp³-hybridized carbons (Fsp3) is 0.200. The van der Waals surface area contributed by atoms with Gasteiger partial charge in [0.25, 0.3) is 0 Å². The molecule has 0 fully saturated rings. The maximum atomic E-state index is 12.7. The number of alkyl halides is 2. The van der Waals surface area contributed by atoms with Gasteiger partial charge in [-0.25, -0.2) is 4.68 Å². The number of hydrogen-bond acceptors (Lipinski definition) is 4. The Hall–Kier alpha value is -2.45. The summed E-state index contributed by atoms with van der Waals surface area (Å²) in [6.07, 6.45) is 5.08. The van der Waals surface area contributed by atoms with Crippen LogP contribution in [-0.4, -0.2) is 32.7 Å². The van der Waals surface area contributed by atoms with Gasteiger partial charge in [0.15, 0.2) is 0 Å². The van der Waals surface area contributed by atoms with Gasteiger partial charge in [0.1, 0.15) is 17.1 Å². The maximum absolute atomic E-state index is 12.7. The number of hydrogen-bond donors (Lipinski definition) is 1. The molecule has 126 valence electrons. The first-order valence-corrected chi connectivity index (χ1v) is 7.48. The van der Waals surface area contributed by atoms with Crippen molar-refractivity contribution in [2.45, 2.75) is 13.2 Å². The zero-order valence-corrected chi connectivity index (χ0v) is 13.2. The van der Waals surface area contributed by atoms with E-state index >= 15 is 0 Å². The predicted octanol–water partition coefficient (Wildman–Crippen LogP) is 2.95. The summed E-state index contributed by atoms with van der Waals surface area (Å²) in [5.74, 6) is -0.0131. The number of benzene rings is 1. The van der Waals surface area contributed by atoms with E-state index in [4.69, 9.17) is 17.3 Å². The first-order valence-electron chi connectivity index (χ1n) is 7.10. The first-order chi connectivity index (χ1) is 11.6. The molecular formula is C15H14ClF2N5O. The third-order valence-electron chi connectivity index (χ3n) is 3.26. The SMILES string of the molecule is NCCn1cc(-n2cccn2)c(-c2cc(Cl)ccc2OC(F)F)n1. The minimum atomic E-state index is -2.95. The Labute approximate surface area is 141 Å². The third kappa shape index (κ3) is 3.39. The second-order valence-corrected chi connectivity index (χ2v) is 5.32. The van der Waals surface area contributed by atoms with E-state index < -0.39 is 6.61 Å². The van der Waals surface area contributed by atoms with E-state index in [-0.39, 0.29) is 5.75 Å². The molecule has 0 atom stereocenters. The molecule has 2 N–H and O–H groups in total. The van der Waals surface area contributed by atoms with Crippen LogP contribution in [0.3, 0.4) is 0 Å². The lowest BCUT2D eigenvalue weighted by Crippen LogP contribution is -2.10. The van der Waals surface area contributed by atoms with E-state index in [2.05, 4.69) is 14.9 Å². The highest BCUT2D eigenvalue weighted by Gasteiger charge is 2.19. The Kier molecular flexibility index (Phi) is 4.77. The summed E-state index contributed by atoms with van der Waals surface area (Å²) < 4.78 is 33.2. The van der Waals surface area contributed by atoms with Crippen LogP contribution in [0.25, 0.3) is 16.9 Å². The summed E-state index contributed by atoms with van der Waals surface area (Å²) in [5, 5.41) is 8.98. The summed E-state index contributed by atoms with van der Waals surface area (Å²) in [6, 6.07) is 6.14. The average Bonchev–Trinajstić information content (AvgIpc) is 3.18. The van der Waals surface area contributed by atoms with Crippen molar-refractivity contribution < 1.29 is 13.5 Å². The molecule has 2 heterocycles. The molecule has 1 aromatic carbocycles. The van der Waals surface area contributed by atoms with Crippen molar-refractivity contribution in [1.29, 1.82) is 0 Å². The van der Waals surface area contributed by atoms with Crippen LogP contribution < -0.4 is 10.5 Å². The van der Waals surface area contributed by atoms with E-state index in [0.717, 1.165) is 0 Å². The fourth-order valence-corrected chi connectivity index (χ4v) is 2.49. The standard InChI is InChI=1S/C15H14ClF2N5O/c16-10-2-3-13(24-15(17)18)11(8-10)14-12(23-6-1-5-20-23)9-22(21-14)7-4-19/h1-3,5-6,8-9,15H,4,7,19H2. The number of nitrogens with zero attached hydrogens (tertiary/aromatic N) is 4. The summed E-state index contributed by atoms with van der Waals surface area (Å²) in [7, 11) is 0. The van der Waals surface area contributed by atoms with Crippen LogP contribution in [0.5, 0.6) is 5.75 Å². The lowest BCUT2D eigenvalue weighted by atomic mass is 10.1. The zero-order chi connectivity index (χ0) is 17.1. The van der Waals surface area contributed by atoms with Crippen molar-refractivity contribution in [1.82, 2.24) is 19.6 Å². The van der Waals surface area contributed by atoms with Gasteiger partial charge in [-0.1, -0.05) is 11.6 Å². The normalized spacial score (nSPS) is 11.2. The summed E-state index contributed by atoms with van der Waals surface area (Å²) >= 11 is 6.03. The van der Waals surface area contributed by atoms with Gasteiger partial charge in [-0.05, 0) is 24.3 Å². The highest BCUT2D eigenvalue weighted by atomic mass is 35.5. The second-order valence-electron chi connectivity index (χ2n) is 4.88. The van der Waals surface area contributed by atoms with Gasteiger partial charge in [0.2, 0.25) is 0 Å². The van der Waals surface area contributed by atoms with Gasteiger partial charge in [0.05, 0.1) is 12.7 Å². The smallest absolute Gasteiger partial charge is 0.387 e. The molecule has 0 saturated carbocycles. The molecule has 0 saturated heterocycles. The zero-order valence-electron chi connectivity index (χ0n) is 12.4. The van der Waals surface area contributed by atoms with Crippen molar-refractivity contribution in [2.24, 2.45) is 5.73 Å². The van der Waals surface area contributed by atoms with Gasteiger partial charge in [-0.2, -0.15) is 19.0 Å². The molecule has 0 aliphatic heterocycles. The number of halogens is 3. The van der Waals surface area contributed by atoms with E-state index in [0.29, 0.717) is 35.1 Å². The monoisotopic (exact) mass is 353 g/mol. The minimum absolute atomic E-state index is 0.0131. The van der Waals surface area contributed by atoms with E-state index in [1.807, 2.05) is 0 Å². The molecule has 3 aromatic rings. The van der Waals surface area contributed by atoms with Crippen LogP contribution in [0, 0.1) is 0 Å². The van der Waals surface area contributed by atoms with Gasteiger partial charge in [-0.3, -0.25) is 4.68 Å². The molecule has 9 heteroatoms. The maximum Gasteiger partial charge on any atom is 0.387 e. The van der Waals surface area contributed by atoms with Gasteiger partial charge < -0.3 is 10.5 Å². The number of ether oxygens (including phenoxy) is 1. The number of rotatable bonds is 6. The molecule has 0 aliphatic rings. The molecule has 0 aliphatic carbocycles. The molecule has 0 amide bonds. The van der Waals surface area contributed by atoms with Crippen LogP contribution in [0.4, 0.5) is 8.78 Å². The van der Waals surface area contributed by atoms with Gasteiger partial charge >= 0.3 is 6.61 Å². The first kappa shape index (κ1) is 16.4. The van der Waals surface area contributed by atoms with Crippen molar-refractivity contribution in [2.75, 3.05) is 6.54 Å². The largest absolute Gasteiger partial charge is 0.434 e. The van der Waals surface area contributed by atoms with Gasteiger partial charge in [-0.15, -0.1) is 0 Å². The minimum Gasteiger partial charge on any atom is -0.434 e. The molecule has 24 heavy (non-hydrogen) atoms. The molecular weight excluding hydrogens is 340 g/mol. The quantitative estimate of drug-likeness (QED) is 0.739. The molecule has 0 unspecified atom stereocenters. The van der Waals surface area contributed by atoms with E-state index in [1.165, 1.54) is 18.2 Å². The van der Waals surface area contributed by atoms with Crippen molar-refractivity contribution in [3.63, 3.8) is 0 Å². The summed E-state index contributed by atoms with van der Waals surface area (Å²) in [5.41, 5.74) is 6.95. The number of nitrogens with two attached hydrogens (primary N) is 1. The van der Waals surface area contributed by atoms with E-state index in [1.54, 1.807) is 34.0 Å². The Bertz CT molecular complexity index is 819. The Balaban J connectivity index is 2.16. The molecule has 2 aromatic heterocycles. The van der Waals surface area contributed by atoms with Crippen LogP contribution in [0.2, 0.25) is 5.02 Å². The Morgan fingerprint density at radius 1 is 1.33 bits per heavy atom. The van der Waals surface area contributed by atoms with Gasteiger partial charge in [0, 0.05) is 29.5 Å². The average molecular weight is 354 g/mol. The van der Waals surface area contributed by atoms with Crippen molar-refractivity contribution >= 4 is 11.6 Å². The lowest BCUT2D eigenvalue weighted by molar-refractivity contribution is -0.0494. The van der Waals surface area contributed by atoms with Crippen LogP contribution in [0.15, 0.2) is 42.9 Å². The molecule has 6 nitrogen and oxygen atoms in total. The van der Waals surface area contributed by atoms with Crippen molar-refractivity contribution in [3.8, 4) is 22.7 Å². The fourth-order valence-electron chi connectivity index (χ4n) is 2.31.